The van der Waals surface area contributed by atoms with Gasteiger partial charge in [0.2, 0.25) is 5.91 Å². The number of piperidine rings is 1. The number of allylic oxidation sites excluding steroid dienone is 1. The first-order valence-electron chi connectivity index (χ1n) is 11.4. The number of likely N-dealkylation sites (tertiary alicyclic amines) is 1. The number of fused-ring (bicyclic) bond motifs is 1. The van der Waals surface area contributed by atoms with E-state index in [4.69, 9.17) is 21.7 Å². The van der Waals surface area contributed by atoms with Crippen LogP contribution in [-0.4, -0.2) is 53.2 Å². The van der Waals surface area contributed by atoms with E-state index in [1.54, 1.807) is 24.2 Å². The fourth-order valence-corrected chi connectivity index (χ4v) is 4.25. The number of benzene rings is 2. The van der Waals surface area contributed by atoms with E-state index < -0.39 is 5.82 Å². The second-order valence-corrected chi connectivity index (χ2v) is 8.63. The van der Waals surface area contributed by atoms with Gasteiger partial charge in [-0.3, -0.25) is 4.79 Å². The van der Waals surface area contributed by atoms with Gasteiger partial charge in [-0.25, -0.2) is 14.4 Å². The summed E-state index contributed by atoms with van der Waals surface area (Å²) in [4.78, 5) is 22.5. The normalized spacial score (nSPS) is 14.4. The Morgan fingerprint density at radius 1 is 1.28 bits per heavy atom. The third kappa shape index (κ3) is 5.46. The molecule has 2 aromatic carbocycles. The molecule has 1 aromatic heterocycles. The fraction of sp³-hybridized carbons (Fsp3) is 0.231. The summed E-state index contributed by atoms with van der Waals surface area (Å²) in [6.07, 6.45) is 6.93. The van der Waals surface area contributed by atoms with Gasteiger partial charge in [0.25, 0.3) is 0 Å². The van der Waals surface area contributed by atoms with Crippen LogP contribution in [0.1, 0.15) is 18.4 Å². The molecule has 1 saturated heterocycles. The van der Waals surface area contributed by atoms with Gasteiger partial charge in [0, 0.05) is 67.6 Å². The third-order valence-electron chi connectivity index (χ3n) is 5.91. The molecule has 10 heteroatoms. The summed E-state index contributed by atoms with van der Waals surface area (Å²) in [5, 5.41) is 14.7. The minimum absolute atomic E-state index is 0.00113. The first-order chi connectivity index (χ1) is 17.4. The Morgan fingerprint density at radius 2 is 2.06 bits per heavy atom. The van der Waals surface area contributed by atoms with Gasteiger partial charge >= 0.3 is 0 Å². The Balaban J connectivity index is 1.71. The highest BCUT2D eigenvalue weighted by molar-refractivity contribution is 6.31. The van der Waals surface area contributed by atoms with Crippen molar-refractivity contribution in [3.63, 3.8) is 0 Å². The van der Waals surface area contributed by atoms with Crippen molar-refractivity contribution in [3.8, 4) is 5.75 Å². The minimum atomic E-state index is -0.508. The number of hydrogen-bond donors (Lipinski definition) is 3. The van der Waals surface area contributed by atoms with Crippen LogP contribution >= 0.6 is 11.6 Å². The lowest BCUT2D eigenvalue weighted by atomic mass is 10.0. The summed E-state index contributed by atoms with van der Waals surface area (Å²) in [5.74, 6) is 0.471. The molecule has 0 atom stereocenters. The number of amides is 1. The molecule has 3 aromatic rings. The predicted octanol–water partition coefficient (Wildman–Crippen LogP) is 4.93. The molecule has 0 unspecified atom stereocenters. The smallest absolute Gasteiger partial charge is 0.245 e. The molecular weight excluding hydrogens is 483 g/mol. The largest absolute Gasteiger partial charge is 0.490 e. The molecule has 186 valence electrons. The molecule has 0 radical (unpaired) electrons. The maximum atomic E-state index is 13.6. The van der Waals surface area contributed by atoms with Crippen LogP contribution in [0.15, 0.2) is 55.5 Å². The standard InChI is InChI=1S/C26H26ClFN6O2/c1-3-25(35)34-8-6-18(7-9-34)36-24-12-20-23(11-19(24)16(13-29)14-30-2)31-15-32-26(20)33-17-4-5-22(28)21(27)10-17/h3-5,10-15,18,29-30H,1,6-9H2,2H3,(H,31,32,33)/b16-14+,29-13?. The van der Waals surface area contributed by atoms with Crippen LogP contribution in [0.25, 0.3) is 16.5 Å². The van der Waals surface area contributed by atoms with E-state index in [1.807, 2.05) is 12.1 Å². The Hall–Kier alpha value is -3.98. The third-order valence-corrected chi connectivity index (χ3v) is 6.20. The lowest BCUT2D eigenvalue weighted by molar-refractivity contribution is -0.127. The molecule has 0 saturated carbocycles. The Morgan fingerprint density at radius 3 is 2.72 bits per heavy atom. The van der Waals surface area contributed by atoms with E-state index >= 15 is 0 Å². The number of nitrogens with zero attached hydrogens (tertiary/aromatic N) is 3. The first kappa shape index (κ1) is 25.1. The fourth-order valence-electron chi connectivity index (χ4n) is 4.07. The van der Waals surface area contributed by atoms with Crippen molar-refractivity contribution < 1.29 is 13.9 Å². The van der Waals surface area contributed by atoms with Crippen LogP contribution in [0.3, 0.4) is 0 Å². The van der Waals surface area contributed by atoms with Gasteiger partial charge in [0.15, 0.2) is 0 Å². The number of hydrogen-bond acceptors (Lipinski definition) is 7. The zero-order chi connectivity index (χ0) is 25.7. The zero-order valence-electron chi connectivity index (χ0n) is 19.7. The molecular formula is C26H26ClFN6O2. The quantitative estimate of drug-likeness (QED) is 0.294. The SMILES string of the molecule is C=CC(=O)N1CCC(Oc2cc3c(Nc4ccc(F)c(Cl)c4)ncnc3cc2/C(C=N)=C/NC)CC1. The van der Waals surface area contributed by atoms with Gasteiger partial charge in [-0.2, -0.15) is 0 Å². The summed E-state index contributed by atoms with van der Waals surface area (Å²) in [6.45, 7) is 4.70. The summed E-state index contributed by atoms with van der Waals surface area (Å²) >= 11 is 5.94. The molecule has 1 aliphatic heterocycles. The van der Waals surface area contributed by atoms with E-state index in [1.165, 1.54) is 30.8 Å². The van der Waals surface area contributed by atoms with Gasteiger partial charge in [-0.1, -0.05) is 18.2 Å². The molecule has 1 amide bonds. The maximum Gasteiger partial charge on any atom is 0.245 e. The lowest BCUT2D eigenvalue weighted by Crippen LogP contribution is -2.41. The molecule has 0 spiro atoms. The van der Waals surface area contributed by atoms with Crippen molar-refractivity contribution in [2.24, 2.45) is 0 Å². The highest BCUT2D eigenvalue weighted by Crippen LogP contribution is 2.35. The monoisotopic (exact) mass is 508 g/mol. The van der Waals surface area contributed by atoms with Gasteiger partial charge in [0.05, 0.1) is 10.5 Å². The molecule has 4 rings (SSSR count). The van der Waals surface area contributed by atoms with Crippen molar-refractivity contribution >= 4 is 51.7 Å². The number of anilines is 2. The highest BCUT2D eigenvalue weighted by Gasteiger charge is 2.24. The Kier molecular flexibility index (Phi) is 7.80. The summed E-state index contributed by atoms with van der Waals surface area (Å²) in [5.41, 5.74) is 2.53. The molecule has 0 bridgehead atoms. The number of rotatable bonds is 8. The minimum Gasteiger partial charge on any atom is -0.490 e. The molecule has 1 aliphatic rings. The zero-order valence-corrected chi connectivity index (χ0v) is 20.5. The van der Waals surface area contributed by atoms with E-state index in [2.05, 4.69) is 27.2 Å². The van der Waals surface area contributed by atoms with Crippen LogP contribution in [0, 0.1) is 11.2 Å². The van der Waals surface area contributed by atoms with Crippen molar-refractivity contribution in [3.05, 3.63) is 71.9 Å². The molecule has 3 N–H and O–H groups in total. The van der Waals surface area contributed by atoms with Crippen LogP contribution in [0.5, 0.6) is 5.75 Å². The van der Waals surface area contributed by atoms with Crippen LogP contribution in [0.2, 0.25) is 5.02 Å². The van der Waals surface area contributed by atoms with Crippen molar-refractivity contribution in [1.82, 2.24) is 20.2 Å². The number of halogens is 2. The van der Waals surface area contributed by atoms with E-state index in [0.29, 0.717) is 65.2 Å². The molecule has 1 fully saturated rings. The second-order valence-electron chi connectivity index (χ2n) is 8.22. The summed E-state index contributed by atoms with van der Waals surface area (Å²) < 4.78 is 20.0. The average molecular weight is 509 g/mol. The number of carbonyl (C=O) groups excluding carboxylic acids is 1. The van der Waals surface area contributed by atoms with E-state index in [-0.39, 0.29) is 17.0 Å². The second kappa shape index (κ2) is 11.2. The van der Waals surface area contributed by atoms with Crippen molar-refractivity contribution in [2.75, 3.05) is 25.5 Å². The van der Waals surface area contributed by atoms with Crippen LogP contribution in [-0.2, 0) is 4.79 Å². The van der Waals surface area contributed by atoms with Gasteiger partial charge in [-0.15, -0.1) is 0 Å². The highest BCUT2D eigenvalue weighted by atomic mass is 35.5. The molecule has 8 nitrogen and oxygen atoms in total. The van der Waals surface area contributed by atoms with Crippen molar-refractivity contribution in [2.45, 2.75) is 18.9 Å². The Bertz CT molecular complexity index is 1340. The van der Waals surface area contributed by atoms with Crippen LogP contribution in [0.4, 0.5) is 15.9 Å². The number of aromatic nitrogens is 2. The van der Waals surface area contributed by atoms with E-state index in [0.717, 1.165) is 0 Å². The van der Waals surface area contributed by atoms with Gasteiger partial charge in [0.1, 0.15) is 29.8 Å². The predicted molar refractivity (Wildman–Crippen MR) is 140 cm³/mol. The summed E-state index contributed by atoms with van der Waals surface area (Å²) in [7, 11) is 1.76. The maximum absolute atomic E-state index is 13.6. The molecule has 2 heterocycles. The van der Waals surface area contributed by atoms with E-state index in [9.17, 15) is 9.18 Å². The van der Waals surface area contributed by atoms with Gasteiger partial charge in [-0.05, 0) is 36.4 Å². The first-order valence-corrected chi connectivity index (χ1v) is 11.8. The number of ether oxygens (including phenoxy) is 1. The van der Waals surface area contributed by atoms with Gasteiger partial charge < -0.3 is 25.7 Å². The molecule has 36 heavy (non-hydrogen) atoms. The number of carbonyl (C=O) groups is 1. The molecule has 0 aliphatic carbocycles. The van der Waals surface area contributed by atoms with Crippen LogP contribution < -0.4 is 15.4 Å². The topological polar surface area (TPSA) is 103 Å². The lowest BCUT2D eigenvalue weighted by Gasteiger charge is -2.32. The summed E-state index contributed by atoms with van der Waals surface area (Å²) in [6, 6.07) is 8.02. The average Bonchev–Trinajstić information content (AvgIpc) is 2.89. The number of nitrogens with one attached hydrogen (secondary N) is 3. The Labute approximate surface area is 213 Å². The van der Waals surface area contributed by atoms with Crippen molar-refractivity contribution in [1.29, 1.82) is 5.41 Å².